The molecule has 0 N–H and O–H groups in total. The van der Waals surface area contributed by atoms with Gasteiger partial charge in [-0.2, -0.15) is 0 Å². The quantitative estimate of drug-likeness (QED) is 0.577. The molecule has 3 nitrogen and oxygen atoms in total. The van der Waals surface area contributed by atoms with Crippen LogP contribution in [0.5, 0.6) is 5.75 Å². The summed E-state index contributed by atoms with van der Waals surface area (Å²) in [5.74, 6) is 0.821. The highest BCUT2D eigenvalue weighted by atomic mass is 16.5. The molecule has 0 unspecified atom stereocenters. The fourth-order valence-electron chi connectivity index (χ4n) is 2.17. The monoisotopic (exact) mass is 309 g/mol. The van der Waals surface area contributed by atoms with Gasteiger partial charge >= 0.3 is 0 Å². The van der Waals surface area contributed by atoms with E-state index in [-0.39, 0.29) is 5.78 Å². The number of likely N-dealkylation sites (N-methyl/N-ethyl adjacent to an activating group) is 1. The first-order valence-corrected chi connectivity index (χ1v) is 7.68. The Bertz CT molecular complexity index is 655. The molecule has 0 saturated heterocycles. The maximum Gasteiger partial charge on any atom is 0.185 e. The zero-order chi connectivity index (χ0) is 16.7. The number of allylic oxidation sites excluding steroid dienone is 1. The van der Waals surface area contributed by atoms with E-state index in [0.717, 1.165) is 24.3 Å². The highest BCUT2D eigenvalue weighted by Crippen LogP contribution is 2.13. The Hall–Kier alpha value is -2.39. The molecular formula is C20H23NO2. The third-order valence-corrected chi connectivity index (χ3v) is 3.63. The van der Waals surface area contributed by atoms with Crippen molar-refractivity contribution in [1.82, 2.24) is 4.90 Å². The second kappa shape index (κ2) is 8.30. The Morgan fingerprint density at radius 1 is 1.04 bits per heavy atom. The Morgan fingerprint density at radius 2 is 1.70 bits per heavy atom. The summed E-state index contributed by atoms with van der Waals surface area (Å²) >= 11 is 0. The lowest BCUT2D eigenvalue weighted by Crippen LogP contribution is -2.15. The van der Waals surface area contributed by atoms with Crippen molar-refractivity contribution in [2.45, 2.75) is 6.42 Å². The van der Waals surface area contributed by atoms with Crippen molar-refractivity contribution in [3.8, 4) is 5.75 Å². The molecule has 0 heterocycles. The molecule has 0 saturated carbocycles. The molecule has 0 aliphatic heterocycles. The molecular weight excluding hydrogens is 286 g/mol. The number of carbonyl (C=O) groups excluding carboxylic acids is 1. The Labute approximate surface area is 138 Å². The first kappa shape index (κ1) is 17.0. The molecule has 0 aliphatic rings. The summed E-state index contributed by atoms with van der Waals surface area (Å²) < 4.78 is 5.12. The SMILES string of the molecule is COc1ccc(C=CC(=O)c2ccc(CCN(C)C)cc2)cc1. The van der Waals surface area contributed by atoms with E-state index in [4.69, 9.17) is 4.74 Å². The van der Waals surface area contributed by atoms with Crippen molar-refractivity contribution in [1.29, 1.82) is 0 Å². The van der Waals surface area contributed by atoms with E-state index < -0.39 is 0 Å². The highest BCUT2D eigenvalue weighted by Gasteiger charge is 2.02. The van der Waals surface area contributed by atoms with Crippen LogP contribution in [0, 0.1) is 0 Å². The minimum Gasteiger partial charge on any atom is -0.497 e. The first-order chi connectivity index (χ1) is 11.1. The molecule has 120 valence electrons. The van der Waals surface area contributed by atoms with E-state index in [1.807, 2.05) is 54.6 Å². The number of hydrogen-bond donors (Lipinski definition) is 0. The van der Waals surface area contributed by atoms with Gasteiger partial charge < -0.3 is 9.64 Å². The topological polar surface area (TPSA) is 29.5 Å². The van der Waals surface area contributed by atoms with Crippen molar-refractivity contribution in [3.05, 3.63) is 71.3 Å². The molecule has 0 amide bonds. The van der Waals surface area contributed by atoms with Gasteiger partial charge in [-0.05, 0) is 49.9 Å². The molecule has 0 spiro atoms. The van der Waals surface area contributed by atoms with Crippen molar-refractivity contribution in [2.24, 2.45) is 0 Å². The summed E-state index contributed by atoms with van der Waals surface area (Å²) in [6, 6.07) is 15.4. The Morgan fingerprint density at radius 3 is 2.26 bits per heavy atom. The fraction of sp³-hybridized carbons (Fsp3) is 0.250. The molecule has 2 rings (SSSR count). The fourth-order valence-corrected chi connectivity index (χ4v) is 2.17. The van der Waals surface area contributed by atoms with Crippen LogP contribution in [0.2, 0.25) is 0 Å². The van der Waals surface area contributed by atoms with Crippen LogP contribution in [0.4, 0.5) is 0 Å². The van der Waals surface area contributed by atoms with Crippen LogP contribution in [0.25, 0.3) is 6.08 Å². The van der Waals surface area contributed by atoms with Gasteiger partial charge in [0.05, 0.1) is 7.11 Å². The number of carbonyl (C=O) groups is 1. The van der Waals surface area contributed by atoms with Gasteiger partial charge in [0.15, 0.2) is 5.78 Å². The van der Waals surface area contributed by atoms with Gasteiger partial charge in [0.2, 0.25) is 0 Å². The van der Waals surface area contributed by atoms with Gasteiger partial charge in [0, 0.05) is 12.1 Å². The molecule has 0 aromatic heterocycles. The highest BCUT2D eigenvalue weighted by molar-refractivity contribution is 6.06. The van der Waals surface area contributed by atoms with E-state index in [0.29, 0.717) is 5.56 Å². The summed E-state index contributed by atoms with van der Waals surface area (Å²) in [4.78, 5) is 14.3. The lowest BCUT2D eigenvalue weighted by atomic mass is 10.1. The summed E-state index contributed by atoms with van der Waals surface area (Å²) in [6.45, 7) is 1.00. The standard InChI is InChI=1S/C20H23NO2/c1-21(2)15-14-17-4-9-18(10-5-17)20(22)13-8-16-6-11-19(23-3)12-7-16/h4-13H,14-15H2,1-3H3. The summed E-state index contributed by atoms with van der Waals surface area (Å²) in [5, 5.41) is 0. The van der Waals surface area contributed by atoms with E-state index in [2.05, 4.69) is 19.0 Å². The molecule has 0 bridgehead atoms. The van der Waals surface area contributed by atoms with Crippen molar-refractivity contribution in [2.75, 3.05) is 27.7 Å². The maximum absolute atomic E-state index is 12.2. The number of ether oxygens (including phenoxy) is 1. The van der Waals surface area contributed by atoms with Crippen LogP contribution >= 0.6 is 0 Å². The van der Waals surface area contributed by atoms with Crippen LogP contribution in [-0.4, -0.2) is 38.4 Å². The van der Waals surface area contributed by atoms with Gasteiger partial charge in [-0.25, -0.2) is 0 Å². The molecule has 0 radical (unpaired) electrons. The molecule has 0 atom stereocenters. The predicted octanol–water partition coefficient (Wildman–Crippen LogP) is 3.70. The third kappa shape index (κ3) is 5.38. The Kier molecular flexibility index (Phi) is 6.12. The molecule has 2 aromatic rings. The molecule has 0 fully saturated rings. The molecule has 2 aromatic carbocycles. The van der Waals surface area contributed by atoms with Gasteiger partial charge in [-0.1, -0.05) is 42.5 Å². The maximum atomic E-state index is 12.2. The lowest BCUT2D eigenvalue weighted by Gasteiger charge is -2.09. The number of nitrogens with zero attached hydrogens (tertiary/aromatic N) is 1. The number of hydrogen-bond acceptors (Lipinski definition) is 3. The van der Waals surface area contributed by atoms with Gasteiger partial charge in [0.25, 0.3) is 0 Å². The number of ketones is 1. The second-order valence-electron chi connectivity index (χ2n) is 5.72. The van der Waals surface area contributed by atoms with E-state index >= 15 is 0 Å². The smallest absolute Gasteiger partial charge is 0.185 e. The zero-order valence-electron chi connectivity index (χ0n) is 14.0. The normalized spacial score (nSPS) is 11.1. The van der Waals surface area contributed by atoms with Crippen molar-refractivity contribution >= 4 is 11.9 Å². The second-order valence-corrected chi connectivity index (χ2v) is 5.72. The van der Waals surface area contributed by atoms with Crippen LogP contribution in [0.3, 0.4) is 0 Å². The van der Waals surface area contributed by atoms with Gasteiger partial charge in [-0.3, -0.25) is 4.79 Å². The van der Waals surface area contributed by atoms with E-state index in [1.165, 1.54) is 5.56 Å². The summed E-state index contributed by atoms with van der Waals surface area (Å²) in [5.41, 5.74) is 2.93. The predicted molar refractivity (Wildman–Crippen MR) is 95.1 cm³/mol. The average molecular weight is 309 g/mol. The van der Waals surface area contributed by atoms with Crippen molar-refractivity contribution < 1.29 is 9.53 Å². The van der Waals surface area contributed by atoms with E-state index in [9.17, 15) is 4.79 Å². The lowest BCUT2D eigenvalue weighted by molar-refractivity contribution is 0.104. The van der Waals surface area contributed by atoms with Crippen LogP contribution in [-0.2, 0) is 6.42 Å². The van der Waals surface area contributed by atoms with Gasteiger partial charge in [0.1, 0.15) is 5.75 Å². The zero-order valence-corrected chi connectivity index (χ0v) is 14.0. The van der Waals surface area contributed by atoms with Crippen LogP contribution in [0.1, 0.15) is 21.5 Å². The number of benzene rings is 2. The summed E-state index contributed by atoms with van der Waals surface area (Å²) in [6.07, 6.45) is 4.42. The summed E-state index contributed by atoms with van der Waals surface area (Å²) in [7, 11) is 5.75. The van der Waals surface area contributed by atoms with Crippen molar-refractivity contribution in [3.63, 3.8) is 0 Å². The van der Waals surface area contributed by atoms with Crippen LogP contribution < -0.4 is 4.74 Å². The molecule has 0 aliphatic carbocycles. The van der Waals surface area contributed by atoms with Crippen LogP contribution in [0.15, 0.2) is 54.6 Å². The number of rotatable bonds is 7. The third-order valence-electron chi connectivity index (χ3n) is 3.63. The molecule has 3 heteroatoms. The minimum atomic E-state index is 0.0139. The number of methoxy groups -OCH3 is 1. The first-order valence-electron chi connectivity index (χ1n) is 7.68. The minimum absolute atomic E-state index is 0.0139. The average Bonchev–Trinajstić information content (AvgIpc) is 2.58. The molecule has 23 heavy (non-hydrogen) atoms. The van der Waals surface area contributed by atoms with Gasteiger partial charge in [-0.15, -0.1) is 0 Å². The van der Waals surface area contributed by atoms with E-state index in [1.54, 1.807) is 13.2 Å². The Balaban J connectivity index is 1.97. The largest absolute Gasteiger partial charge is 0.497 e.